The average molecular weight is 391 g/mol. The zero-order valence-electron chi connectivity index (χ0n) is 14.8. The summed E-state index contributed by atoms with van der Waals surface area (Å²) in [5, 5.41) is 4.66. The van der Waals surface area contributed by atoms with Crippen molar-refractivity contribution in [3.8, 4) is 11.4 Å². The van der Waals surface area contributed by atoms with E-state index in [1.807, 2.05) is 47.8 Å². The van der Waals surface area contributed by atoms with Gasteiger partial charge in [-0.2, -0.15) is 0 Å². The molecule has 0 bridgehead atoms. The highest BCUT2D eigenvalue weighted by atomic mass is 32.1. The Morgan fingerprint density at radius 2 is 1.93 bits per heavy atom. The van der Waals surface area contributed by atoms with Crippen LogP contribution < -0.4 is 5.32 Å². The van der Waals surface area contributed by atoms with Crippen LogP contribution in [0, 0.1) is 0 Å². The van der Waals surface area contributed by atoms with Crippen molar-refractivity contribution in [2.75, 3.05) is 6.61 Å². The van der Waals surface area contributed by atoms with E-state index in [-0.39, 0.29) is 12.5 Å². The third-order valence-electron chi connectivity index (χ3n) is 4.14. The van der Waals surface area contributed by atoms with Crippen molar-refractivity contribution in [2.24, 2.45) is 0 Å². The van der Waals surface area contributed by atoms with Crippen molar-refractivity contribution < 1.29 is 14.3 Å². The maximum absolute atomic E-state index is 12.3. The van der Waals surface area contributed by atoms with Crippen LogP contribution in [-0.4, -0.2) is 28.5 Å². The molecular formula is C21H17N3O3S. The minimum absolute atomic E-state index is 0.319. The number of aromatic nitrogens is 2. The molecule has 0 aliphatic rings. The van der Waals surface area contributed by atoms with Crippen LogP contribution >= 0.6 is 11.3 Å². The first-order valence-electron chi connectivity index (χ1n) is 8.70. The SMILES string of the molecule is O=C(COC(=O)c1ccc2nc(-c3ccccc3)[nH]c2c1)NCc1cccs1. The number of hydrogen-bond acceptors (Lipinski definition) is 5. The number of aromatic amines is 1. The summed E-state index contributed by atoms with van der Waals surface area (Å²) in [5.74, 6) is -0.158. The number of carbonyl (C=O) groups is 2. The summed E-state index contributed by atoms with van der Waals surface area (Å²) in [7, 11) is 0. The standard InChI is InChI=1S/C21H17N3O3S/c25-19(22-12-16-7-4-10-28-16)13-27-21(26)15-8-9-17-18(11-15)24-20(23-17)14-5-2-1-3-6-14/h1-11H,12-13H2,(H,22,25)(H,23,24). The van der Waals surface area contributed by atoms with Crippen LogP contribution in [0.1, 0.15) is 15.2 Å². The van der Waals surface area contributed by atoms with E-state index in [2.05, 4.69) is 15.3 Å². The van der Waals surface area contributed by atoms with Gasteiger partial charge in [-0.25, -0.2) is 9.78 Å². The second-order valence-electron chi connectivity index (χ2n) is 6.12. The predicted octanol–water partition coefficient (Wildman–Crippen LogP) is 3.76. The van der Waals surface area contributed by atoms with Crippen molar-refractivity contribution >= 4 is 34.2 Å². The quantitative estimate of drug-likeness (QED) is 0.490. The molecule has 0 atom stereocenters. The van der Waals surface area contributed by atoms with Gasteiger partial charge in [0.25, 0.3) is 5.91 Å². The van der Waals surface area contributed by atoms with Gasteiger partial charge in [-0.15, -0.1) is 11.3 Å². The topological polar surface area (TPSA) is 84.1 Å². The second-order valence-corrected chi connectivity index (χ2v) is 7.15. The lowest BCUT2D eigenvalue weighted by molar-refractivity contribution is -0.124. The number of nitrogens with one attached hydrogen (secondary N) is 2. The fraction of sp³-hybridized carbons (Fsp3) is 0.0952. The summed E-state index contributed by atoms with van der Waals surface area (Å²) >= 11 is 1.56. The van der Waals surface area contributed by atoms with Gasteiger partial charge in [0.1, 0.15) is 5.82 Å². The molecule has 0 saturated heterocycles. The zero-order chi connectivity index (χ0) is 19.3. The number of rotatable bonds is 6. The summed E-state index contributed by atoms with van der Waals surface area (Å²) in [4.78, 5) is 32.9. The Morgan fingerprint density at radius 1 is 1.07 bits per heavy atom. The van der Waals surface area contributed by atoms with Gasteiger partial charge in [-0.1, -0.05) is 36.4 Å². The van der Waals surface area contributed by atoms with Crippen LogP contribution in [-0.2, 0) is 16.1 Å². The van der Waals surface area contributed by atoms with Crippen LogP contribution in [0.25, 0.3) is 22.4 Å². The van der Waals surface area contributed by atoms with Crippen molar-refractivity contribution in [1.29, 1.82) is 0 Å². The lowest BCUT2D eigenvalue weighted by atomic mass is 10.2. The molecule has 2 aromatic carbocycles. The first kappa shape index (κ1) is 17.9. The van der Waals surface area contributed by atoms with Gasteiger partial charge >= 0.3 is 5.97 Å². The molecule has 28 heavy (non-hydrogen) atoms. The van der Waals surface area contributed by atoms with Gasteiger partial charge in [0.2, 0.25) is 0 Å². The lowest BCUT2D eigenvalue weighted by Crippen LogP contribution is -2.28. The molecule has 0 spiro atoms. The van der Waals surface area contributed by atoms with Gasteiger partial charge in [-0.05, 0) is 29.6 Å². The highest BCUT2D eigenvalue weighted by molar-refractivity contribution is 7.09. The Morgan fingerprint density at radius 3 is 2.71 bits per heavy atom. The first-order valence-corrected chi connectivity index (χ1v) is 9.58. The number of H-pyrrole nitrogens is 1. The molecule has 0 fully saturated rings. The number of carbonyl (C=O) groups excluding carboxylic acids is 2. The van der Waals surface area contributed by atoms with Gasteiger partial charge in [0.15, 0.2) is 6.61 Å². The van der Waals surface area contributed by atoms with Gasteiger partial charge in [0.05, 0.1) is 23.1 Å². The molecule has 6 nitrogen and oxygen atoms in total. The van der Waals surface area contributed by atoms with Crippen molar-refractivity contribution in [2.45, 2.75) is 6.54 Å². The molecule has 2 N–H and O–H groups in total. The average Bonchev–Trinajstić information content (AvgIpc) is 3.40. The molecule has 0 aliphatic heterocycles. The van der Waals surface area contributed by atoms with E-state index in [4.69, 9.17) is 4.74 Å². The van der Waals surface area contributed by atoms with E-state index >= 15 is 0 Å². The number of esters is 1. The van der Waals surface area contributed by atoms with E-state index in [9.17, 15) is 9.59 Å². The molecule has 2 aromatic heterocycles. The Labute approximate surface area is 165 Å². The summed E-state index contributed by atoms with van der Waals surface area (Å²) in [6, 6.07) is 18.7. The van der Waals surface area contributed by atoms with Gasteiger partial charge < -0.3 is 15.0 Å². The van der Waals surface area contributed by atoms with E-state index < -0.39 is 5.97 Å². The second kappa shape index (κ2) is 8.06. The number of nitrogens with zero attached hydrogens (tertiary/aromatic N) is 1. The third-order valence-corrected chi connectivity index (χ3v) is 5.02. The van der Waals surface area contributed by atoms with Crippen LogP contribution in [0.5, 0.6) is 0 Å². The smallest absolute Gasteiger partial charge is 0.338 e. The number of ether oxygens (including phenoxy) is 1. The summed E-state index contributed by atoms with van der Waals surface area (Å²) < 4.78 is 5.12. The van der Waals surface area contributed by atoms with Gasteiger partial charge in [-0.3, -0.25) is 4.79 Å². The molecule has 140 valence electrons. The van der Waals surface area contributed by atoms with Crippen LogP contribution in [0.2, 0.25) is 0 Å². The normalized spacial score (nSPS) is 10.7. The molecule has 7 heteroatoms. The summed E-state index contributed by atoms with van der Waals surface area (Å²) in [5.41, 5.74) is 2.81. The number of hydrogen-bond donors (Lipinski definition) is 2. The number of benzene rings is 2. The van der Waals surface area contributed by atoms with Crippen molar-refractivity contribution in [3.63, 3.8) is 0 Å². The Kier molecular flexibility index (Phi) is 5.16. The Hall–Kier alpha value is -3.45. The molecule has 4 rings (SSSR count). The Balaban J connectivity index is 1.39. The summed E-state index contributed by atoms with van der Waals surface area (Å²) in [6.45, 7) is 0.108. The highest BCUT2D eigenvalue weighted by Gasteiger charge is 2.13. The maximum atomic E-state index is 12.3. The third kappa shape index (κ3) is 4.10. The van der Waals surface area contributed by atoms with Gasteiger partial charge in [0, 0.05) is 10.4 Å². The minimum atomic E-state index is -0.552. The summed E-state index contributed by atoms with van der Waals surface area (Å²) in [6.07, 6.45) is 0. The van der Waals surface area contributed by atoms with Crippen molar-refractivity contribution in [3.05, 3.63) is 76.5 Å². The van der Waals surface area contributed by atoms with E-state index in [0.717, 1.165) is 27.3 Å². The Bertz CT molecular complexity index is 1100. The molecule has 0 unspecified atom stereocenters. The predicted molar refractivity (Wildman–Crippen MR) is 108 cm³/mol. The first-order chi connectivity index (χ1) is 13.7. The fourth-order valence-electron chi connectivity index (χ4n) is 2.73. The minimum Gasteiger partial charge on any atom is -0.452 e. The van der Waals surface area contributed by atoms with Crippen molar-refractivity contribution in [1.82, 2.24) is 15.3 Å². The molecule has 4 aromatic rings. The molecule has 2 heterocycles. The molecule has 0 radical (unpaired) electrons. The molecular weight excluding hydrogens is 374 g/mol. The maximum Gasteiger partial charge on any atom is 0.338 e. The van der Waals surface area contributed by atoms with E-state index in [0.29, 0.717) is 12.1 Å². The number of imidazole rings is 1. The zero-order valence-corrected chi connectivity index (χ0v) is 15.7. The fourth-order valence-corrected chi connectivity index (χ4v) is 3.38. The molecule has 0 aliphatic carbocycles. The van der Waals surface area contributed by atoms with E-state index in [1.165, 1.54) is 0 Å². The molecule has 1 amide bonds. The van der Waals surface area contributed by atoms with Crippen LogP contribution in [0.15, 0.2) is 66.0 Å². The number of amides is 1. The largest absolute Gasteiger partial charge is 0.452 e. The number of thiophene rings is 1. The lowest BCUT2D eigenvalue weighted by Gasteiger charge is -2.06. The van der Waals surface area contributed by atoms with Crippen LogP contribution in [0.3, 0.4) is 0 Å². The van der Waals surface area contributed by atoms with Crippen LogP contribution in [0.4, 0.5) is 0 Å². The highest BCUT2D eigenvalue weighted by Crippen LogP contribution is 2.21. The van der Waals surface area contributed by atoms with E-state index in [1.54, 1.807) is 29.5 Å². The molecule has 0 saturated carbocycles. The number of fused-ring (bicyclic) bond motifs is 1. The monoisotopic (exact) mass is 391 g/mol.